The van der Waals surface area contributed by atoms with Crippen LogP contribution in [0.2, 0.25) is 0 Å². The van der Waals surface area contributed by atoms with E-state index < -0.39 is 37.7 Å². The molecule has 10 heteroatoms. The number of hydrogen-bond acceptors (Lipinski definition) is 8. The number of carbonyl (C=O) groups is 3. The Labute approximate surface area is 160 Å². The molecule has 2 fully saturated rings. The topological polar surface area (TPSA) is 106 Å². The van der Waals surface area contributed by atoms with Crippen molar-refractivity contribution < 1.29 is 28.0 Å². The molecule has 2 heterocycles. The van der Waals surface area contributed by atoms with Gasteiger partial charge in [0.05, 0.1) is 0 Å². The van der Waals surface area contributed by atoms with E-state index in [2.05, 4.69) is 10.2 Å². The summed E-state index contributed by atoms with van der Waals surface area (Å²) in [6, 6.07) is -1.43. The fourth-order valence-corrected chi connectivity index (χ4v) is 6.58. The molecule has 1 amide bonds. The Morgan fingerprint density at radius 3 is 1.74 bits per heavy atom. The van der Waals surface area contributed by atoms with Gasteiger partial charge in [0, 0.05) is 0 Å². The zero-order valence-corrected chi connectivity index (χ0v) is 17.9. The summed E-state index contributed by atoms with van der Waals surface area (Å²) in [5, 5.41) is 5.93. The zero-order valence-electron chi connectivity index (χ0n) is 17.0. The molecule has 2 N–H and O–H groups in total. The molecule has 0 radical (unpaired) electrons. The molecule has 0 unspecified atom stereocenters. The first-order valence-corrected chi connectivity index (χ1v) is 11.6. The molecule has 27 heavy (non-hydrogen) atoms. The summed E-state index contributed by atoms with van der Waals surface area (Å²) in [5.41, 5.74) is 0. The summed E-state index contributed by atoms with van der Waals surface area (Å²) >= 11 is 0. The molecule has 2 rings (SSSR count). The van der Waals surface area contributed by atoms with Crippen LogP contribution >= 0.6 is 7.59 Å². The van der Waals surface area contributed by atoms with Crippen LogP contribution in [0.15, 0.2) is 0 Å². The van der Waals surface area contributed by atoms with Gasteiger partial charge in [-0.2, -0.15) is 0 Å². The van der Waals surface area contributed by atoms with E-state index in [1.807, 2.05) is 27.7 Å². The summed E-state index contributed by atoms with van der Waals surface area (Å²) in [6.07, 6.45) is 0.231. The Bertz CT molecular complexity index is 569. The predicted octanol–water partition coefficient (Wildman–Crippen LogP) is 2.72. The number of amides is 1. The second-order valence-electron chi connectivity index (χ2n) is 7.86. The molecule has 156 valence electrons. The van der Waals surface area contributed by atoms with Crippen LogP contribution in [0.25, 0.3) is 0 Å². The average molecular weight is 405 g/mol. The maximum atomic E-state index is 12.7. The van der Waals surface area contributed by atoms with Crippen molar-refractivity contribution in [2.24, 2.45) is 11.8 Å². The third-order valence-corrected chi connectivity index (χ3v) is 7.54. The predicted molar refractivity (Wildman–Crippen MR) is 101 cm³/mol. The van der Waals surface area contributed by atoms with E-state index in [9.17, 15) is 14.4 Å². The molecule has 1 spiro atoms. The number of nitrogens with zero attached hydrogens (tertiary/aromatic N) is 1. The van der Waals surface area contributed by atoms with Crippen LogP contribution < -0.4 is 10.2 Å². The van der Waals surface area contributed by atoms with Gasteiger partial charge in [0.15, 0.2) is 0 Å². The molecular formula is C17H32N3O6P. The van der Waals surface area contributed by atoms with E-state index in [4.69, 9.17) is 13.6 Å². The molecule has 2 aliphatic heterocycles. The SMILES string of the molecule is CCN(CC)C(=O)OP12(N[C@@H](CC(C)C)C(=O)O1)N[C@@H](CC(C)C)C(=O)O2. The summed E-state index contributed by atoms with van der Waals surface area (Å²) in [6.45, 7) is 12.3. The number of nitrogens with one attached hydrogen (secondary N) is 2. The number of hydrogen-bond donors (Lipinski definition) is 2. The molecule has 0 aromatic heterocycles. The van der Waals surface area contributed by atoms with E-state index in [-0.39, 0.29) is 11.8 Å². The summed E-state index contributed by atoms with van der Waals surface area (Å²) in [4.78, 5) is 39.1. The Kier molecular flexibility index (Phi) is 6.39. The van der Waals surface area contributed by atoms with Gasteiger partial charge in [0.25, 0.3) is 0 Å². The first-order chi connectivity index (χ1) is 12.5. The van der Waals surface area contributed by atoms with E-state index >= 15 is 0 Å². The van der Waals surface area contributed by atoms with Crippen molar-refractivity contribution in [2.45, 2.75) is 66.5 Å². The Hall–Kier alpha value is -1.44. The van der Waals surface area contributed by atoms with Crippen molar-refractivity contribution in [2.75, 3.05) is 13.1 Å². The molecule has 2 atom stereocenters. The van der Waals surface area contributed by atoms with Crippen molar-refractivity contribution in [1.29, 1.82) is 0 Å². The van der Waals surface area contributed by atoms with Crippen LogP contribution in [0.5, 0.6) is 0 Å². The van der Waals surface area contributed by atoms with Crippen LogP contribution in [0.4, 0.5) is 4.79 Å². The molecule has 0 saturated carbocycles. The average Bonchev–Trinajstić information content (AvgIpc) is 2.93. The number of carbonyl (C=O) groups excluding carboxylic acids is 3. The third-order valence-electron chi connectivity index (χ3n) is 4.52. The summed E-state index contributed by atoms with van der Waals surface area (Å²) in [7, 11) is -4.65. The Morgan fingerprint density at radius 1 is 1.00 bits per heavy atom. The van der Waals surface area contributed by atoms with Gasteiger partial charge >= 0.3 is 160 Å². The molecule has 0 bridgehead atoms. The van der Waals surface area contributed by atoms with E-state index in [1.54, 1.807) is 13.8 Å². The molecule has 0 aromatic carbocycles. The molecule has 2 saturated heterocycles. The van der Waals surface area contributed by atoms with E-state index in [1.165, 1.54) is 4.90 Å². The molecule has 0 aromatic rings. The van der Waals surface area contributed by atoms with Crippen molar-refractivity contribution >= 4 is 25.6 Å². The van der Waals surface area contributed by atoms with Crippen LogP contribution in [-0.4, -0.2) is 48.1 Å². The van der Waals surface area contributed by atoms with Crippen molar-refractivity contribution in [3.63, 3.8) is 0 Å². The van der Waals surface area contributed by atoms with Gasteiger partial charge in [-0.05, 0) is 0 Å². The van der Waals surface area contributed by atoms with Crippen LogP contribution in [0.3, 0.4) is 0 Å². The van der Waals surface area contributed by atoms with Gasteiger partial charge in [-0.15, -0.1) is 0 Å². The monoisotopic (exact) mass is 405 g/mol. The zero-order chi connectivity index (χ0) is 20.4. The quantitative estimate of drug-likeness (QED) is 0.623. The fraction of sp³-hybridized carbons (Fsp3) is 0.824. The van der Waals surface area contributed by atoms with Gasteiger partial charge < -0.3 is 0 Å². The third kappa shape index (κ3) is 4.52. The first-order valence-electron chi connectivity index (χ1n) is 9.59. The van der Waals surface area contributed by atoms with Gasteiger partial charge in [-0.25, -0.2) is 0 Å². The van der Waals surface area contributed by atoms with Crippen molar-refractivity contribution in [3.8, 4) is 0 Å². The van der Waals surface area contributed by atoms with Gasteiger partial charge in [-0.1, -0.05) is 0 Å². The van der Waals surface area contributed by atoms with E-state index in [0.29, 0.717) is 25.9 Å². The minimum atomic E-state index is -4.65. The second-order valence-corrected chi connectivity index (χ2v) is 10.7. The Morgan fingerprint density at radius 2 is 1.41 bits per heavy atom. The summed E-state index contributed by atoms with van der Waals surface area (Å²) < 4.78 is 16.8. The van der Waals surface area contributed by atoms with Crippen LogP contribution in [-0.2, 0) is 23.2 Å². The van der Waals surface area contributed by atoms with E-state index in [0.717, 1.165) is 0 Å². The fourth-order valence-electron chi connectivity index (χ4n) is 3.27. The van der Waals surface area contributed by atoms with Gasteiger partial charge in [-0.3, -0.25) is 0 Å². The van der Waals surface area contributed by atoms with Gasteiger partial charge in [0.1, 0.15) is 0 Å². The Balaban J connectivity index is 2.37. The standard InChI is InChI=1S/C17H32N3O6P/c1-7-20(8-2)17(23)26-27(18-13(9-11(3)4)15(21)24-27)19-14(10-12(5)6)16(22)25-27/h11-14,18-19H,7-10H2,1-6H3/t13-,14-/m0/s1. The van der Waals surface area contributed by atoms with Crippen LogP contribution in [0, 0.1) is 11.8 Å². The number of rotatable bonds is 7. The van der Waals surface area contributed by atoms with Crippen molar-refractivity contribution in [1.82, 2.24) is 15.1 Å². The van der Waals surface area contributed by atoms with Crippen LogP contribution in [0.1, 0.15) is 54.4 Å². The maximum absolute atomic E-state index is 12.7. The first kappa shape index (κ1) is 21.9. The minimum absolute atomic E-state index is 0.192. The normalized spacial score (nSPS) is 27.3. The van der Waals surface area contributed by atoms with Crippen molar-refractivity contribution in [3.05, 3.63) is 0 Å². The molecular weight excluding hydrogens is 373 g/mol. The molecule has 9 nitrogen and oxygen atoms in total. The summed E-state index contributed by atoms with van der Waals surface area (Å²) in [5.74, 6) is -0.785. The molecule has 0 aliphatic carbocycles. The second kappa shape index (κ2) is 7.89. The molecule has 2 aliphatic rings. The van der Waals surface area contributed by atoms with Gasteiger partial charge in [0.2, 0.25) is 0 Å².